The molecule has 0 unspecified atom stereocenters. The number of piperidine rings is 1. The van der Waals surface area contributed by atoms with E-state index in [1.807, 2.05) is 0 Å². The van der Waals surface area contributed by atoms with Gasteiger partial charge in [-0.15, -0.1) is 5.10 Å². The number of nitrogens with zero attached hydrogens (tertiary/aromatic N) is 3. The molecule has 3 aromatic rings. The van der Waals surface area contributed by atoms with Gasteiger partial charge in [0.15, 0.2) is 0 Å². The monoisotopic (exact) mass is 384 g/mol. The predicted octanol–water partition coefficient (Wildman–Crippen LogP) is 3.90. The zero-order chi connectivity index (χ0) is 19.5. The van der Waals surface area contributed by atoms with Gasteiger partial charge in [-0.2, -0.15) is 4.39 Å². The highest BCUT2D eigenvalue weighted by Gasteiger charge is 2.27. The van der Waals surface area contributed by atoms with Crippen molar-refractivity contribution in [1.29, 1.82) is 0 Å². The number of rotatable bonds is 4. The number of likely N-dealkylation sites (tertiary alicyclic amines) is 1. The van der Waals surface area contributed by atoms with Crippen LogP contribution in [0.5, 0.6) is 11.6 Å². The maximum absolute atomic E-state index is 13.3. The average Bonchev–Trinajstić information content (AvgIpc) is 3.16. The molecule has 0 saturated carbocycles. The number of hydrogen-bond donors (Lipinski definition) is 1. The van der Waals surface area contributed by atoms with Crippen molar-refractivity contribution >= 4 is 5.91 Å². The van der Waals surface area contributed by atoms with Gasteiger partial charge in [-0.25, -0.2) is 9.37 Å². The molecule has 1 amide bonds. The summed E-state index contributed by atoms with van der Waals surface area (Å²) in [7, 11) is 0. The van der Waals surface area contributed by atoms with Crippen LogP contribution in [0.2, 0.25) is 0 Å². The molecular formula is C20H18F2N4O2. The van der Waals surface area contributed by atoms with Gasteiger partial charge in [-0.05, 0) is 31.0 Å². The minimum atomic E-state index is -0.674. The third-order valence-electron chi connectivity index (χ3n) is 4.71. The lowest BCUT2D eigenvalue weighted by Gasteiger charge is -2.32. The van der Waals surface area contributed by atoms with Crippen LogP contribution < -0.4 is 4.74 Å². The molecule has 1 fully saturated rings. The van der Waals surface area contributed by atoms with E-state index in [2.05, 4.69) is 15.2 Å². The number of nitrogens with one attached hydrogen (secondary N) is 1. The third-order valence-corrected chi connectivity index (χ3v) is 4.71. The summed E-state index contributed by atoms with van der Waals surface area (Å²) in [6, 6.07) is 10.2. The van der Waals surface area contributed by atoms with Crippen LogP contribution in [0.3, 0.4) is 0 Å². The largest absolute Gasteiger partial charge is 0.437 e. The second-order valence-corrected chi connectivity index (χ2v) is 6.68. The van der Waals surface area contributed by atoms with Gasteiger partial charge in [0.2, 0.25) is 11.8 Å². The van der Waals surface area contributed by atoms with Crippen molar-refractivity contribution in [3.63, 3.8) is 0 Å². The molecule has 144 valence electrons. The fraction of sp³-hybridized carbons (Fsp3) is 0.250. The molecule has 1 aromatic carbocycles. The molecule has 6 nitrogen and oxygen atoms in total. The zero-order valence-electron chi connectivity index (χ0n) is 14.9. The number of halogens is 2. The SMILES string of the molecule is O=C(c1ccnc(F)c1)N1CCC[C@H](c2cc(Oc3cccc(F)c3)n[nH]2)C1. The molecule has 1 saturated heterocycles. The molecule has 3 heterocycles. The molecule has 1 N–H and O–H groups in total. The van der Waals surface area contributed by atoms with Crippen LogP contribution >= 0.6 is 0 Å². The highest BCUT2D eigenvalue weighted by molar-refractivity contribution is 5.94. The fourth-order valence-corrected chi connectivity index (χ4v) is 3.36. The minimum Gasteiger partial charge on any atom is -0.437 e. The smallest absolute Gasteiger partial charge is 0.254 e. The number of aromatic amines is 1. The molecule has 8 heteroatoms. The van der Waals surface area contributed by atoms with E-state index >= 15 is 0 Å². The molecule has 0 bridgehead atoms. The fourth-order valence-electron chi connectivity index (χ4n) is 3.36. The van der Waals surface area contributed by atoms with Gasteiger partial charge in [0, 0.05) is 54.7 Å². The number of H-pyrrole nitrogens is 1. The van der Waals surface area contributed by atoms with Crippen molar-refractivity contribution in [2.45, 2.75) is 18.8 Å². The van der Waals surface area contributed by atoms with Crippen LogP contribution in [0.25, 0.3) is 0 Å². The molecule has 1 aliphatic heterocycles. The Morgan fingerprint density at radius 1 is 1.21 bits per heavy atom. The van der Waals surface area contributed by atoms with Crippen LogP contribution in [0.1, 0.15) is 34.8 Å². The zero-order valence-corrected chi connectivity index (χ0v) is 14.9. The number of benzene rings is 1. The van der Waals surface area contributed by atoms with E-state index < -0.39 is 5.95 Å². The molecule has 4 rings (SSSR count). The molecule has 28 heavy (non-hydrogen) atoms. The maximum atomic E-state index is 13.3. The van der Waals surface area contributed by atoms with Gasteiger partial charge in [0.1, 0.15) is 11.6 Å². The summed E-state index contributed by atoms with van der Waals surface area (Å²) < 4.78 is 32.2. The number of carbonyl (C=O) groups excluding carboxylic acids is 1. The number of ether oxygens (including phenoxy) is 1. The third kappa shape index (κ3) is 4.00. The van der Waals surface area contributed by atoms with E-state index in [0.717, 1.165) is 24.6 Å². The highest BCUT2D eigenvalue weighted by atomic mass is 19.1. The topological polar surface area (TPSA) is 71.1 Å². The van der Waals surface area contributed by atoms with Crippen LogP contribution in [-0.4, -0.2) is 39.1 Å². The van der Waals surface area contributed by atoms with Gasteiger partial charge < -0.3 is 9.64 Å². The van der Waals surface area contributed by atoms with Crippen LogP contribution in [0.15, 0.2) is 48.7 Å². The van der Waals surface area contributed by atoms with Crippen molar-refractivity contribution in [2.75, 3.05) is 13.1 Å². The molecule has 2 aromatic heterocycles. The van der Waals surface area contributed by atoms with Crippen LogP contribution in [-0.2, 0) is 0 Å². The Morgan fingerprint density at radius 3 is 2.93 bits per heavy atom. The number of pyridine rings is 1. The first-order valence-electron chi connectivity index (χ1n) is 8.98. The van der Waals surface area contributed by atoms with Gasteiger partial charge in [-0.1, -0.05) is 6.07 Å². The summed E-state index contributed by atoms with van der Waals surface area (Å²) in [5, 5.41) is 7.07. The normalized spacial score (nSPS) is 16.8. The molecule has 1 atom stereocenters. The summed E-state index contributed by atoms with van der Waals surface area (Å²) >= 11 is 0. The lowest BCUT2D eigenvalue weighted by Crippen LogP contribution is -2.39. The number of carbonyl (C=O) groups is 1. The van der Waals surface area contributed by atoms with Gasteiger partial charge >= 0.3 is 0 Å². The summed E-state index contributed by atoms with van der Waals surface area (Å²) in [6.45, 7) is 1.10. The van der Waals surface area contributed by atoms with E-state index in [1.165, 1.54) is 24.4 Å². The molecule has 0 spiro atoms. The number of amides is 1. The minimum absolute atomic E-state index is 0.0572. The second-order valence-electron chi connectivity index (χ2n) is 6.68. The lowest BCUT2D eigenvalue weighted by atomic mass is 9.94. The van der Waals surface area contributed by atoms with E-state index in [4.69, 9.17) is 4.74 Å². The summed E-state index contributed by atoms with van der Waals surface area (Å²) in [5.41, 5.74) is 1.12. The highest BCUT2D eigenvalue weighted by Crippen LogP contribution is 2.29. The summed E-state index contributed by atoms with van der Waals surface area (Å²) in [4.78, 5) is 17.8. The first-order chi connectivity index (χ1) is 13.6. The Morgan fingerprint density at radius 2 is 2.11 bits per heavy atom. The van der Waals surface area contributed by atoms with Crippen molar-refractivity contribution in [3.05, 3.63) is 71.7 Å². The van der Waals surface area contributed by atoms with E-state index in [0.29, 0.717) is 24.7 Å². The predicted molar refractivity (Wildman–Crippen MR) is 97.1 cm³/mol. The Labute approximate surface area is 160 Å². The summed E-state index contributed by atoms with van der Waals surface area (Å²) in [6.07, 6.45) is 2.99. The Hall–Kier alpha value is -3.29. The second kappa shape index (κ2) is 7.75. The van der Waals surface area contributed by atoms with Crippen LogP contribution in [0, 0.1) is 11.8 Å². The molecular weight excluding hydrogens is 366 g/mol. The maximum Gasteiger partial charge on any atom is 0.254 e. The number of hydrogen-bond acceptors (Lipinski definition) is 4. The van der Waals surface area contributed by atoms with E-state index in [9.17, 15) is 13.6 Å². The Kier molecular flexibility index (Phi) is 5.01. The average molecular weight is 384 g/mol. The van der Waals surface area contributed by atoms with Gasteiger partial charge in [-0.3, -0.25) is 9.89 Å². The first kappa shape index (κ1) is 18.1. The van der Waals surface area contributed by atoms with E-state index in [-0.39, 0.29) is 23.2 Å². The van der Waals surface area contributed by atoms with Gasteiger partial charge in [0.25, 0.3) is 5.91 Å². The van der Waals surface area contributed by atoms with Gasteiger partial charge in [0.05, 0.1) is 0 Å². The first-order valence-corrected chi connectivity index (χ1v) is 8.98. The van der Waals surface area contributed by atoms with Crippen molar-refractivity contribution in [2.24, 2.45) is 0 Å². The molecule has 0 radical (unpaired) electrons. The lowest BCUT2D eigenvalue weighted by molar-refractivity contribution is 0.0705. The van der Waals surface area contributed by atoms with Crippen molar-refractivity contribution in [1.82, 2.24) is 20.1 Å². The standard InChI is InChI=1S/C20H18F2N4O2/c21-15-4-1-5-16(10-15)28-19-11-17(24-25-19)14-3-2-8-26(12-14)20(27)13-6-7-23-18(22)9-13/h1,4-7,9-11,14H,2-3,8,12H2,(H,24,25)/t14-/m0/s1. The quantitative estimate of drug-likeness (QED) is 0.693. The number of aromatic nitrogens is 3. The van der Waals surface area contributed by atoms with Crippen LogP contribution in [0.4, 0.5) is 8.78 Å². The Bertz CT molecular complexity index is 992. The summed E-state index contributed by atoms with van der Waals surface area (Å²) in [5.74, 6) is -0.531. The van der Waals surface area contributed by atoms with Crippen molar-refractivity contribution in [3.8, 4) is 11.6 Å². The Balaban J connectivity index is 1.45. The van der Waals surface area contributed by atoms with E-state index in [1.54, 1.807) is 23.1 Å². The molecule has 1 aliphatic rings. The molecule has 0 aliphatic carbocycles. The van der Waals surface area contributed by atoms with Crippen molar-refractivity contribution < 1.29 is 18.3 Å².